The lowest BCUT2D eigenvalue weighted by Gasteiger charge is -2.35. The minimum absolute atomic E-state index is 0.0831. The first kappa shape index (κ1) is 15.2. The van der Waals surface area contributed by atoms with E-state index in [1.165, 1.54) is 15.6 Å². The number of nitrogens with zero attached hydrogens (tertiary/aromatic N) is 1. The number of benzene rings is 1. The number of morpholine rings is 1. The zero-order chi connectivity index (χ0) is 13.7. The van der Waals surface area contributed by atoms with Gasteiger partial charge >= 0.3 is 0 Å². The second kappa shape index (κ2) is 7.57. The van der Waals surface area contributed by atoms with Crippen molar-refractivity contribution < 1.29 is 4.74 Å². The molecular formula is C15H23IN2O. The van der Waals surface area contributed by atoms with Crippen LogP contribution in [0.1, 0.15) is 18.9 Å². The maximum atomic E-state index is 6.32. The van der Waals surface area contributed by atoms with Gasteiger partial charge in [0, 0.05) is 22.7 Å². The number of hydrogen-bond donors (Lipinski definition) is 1. The van der Waals surface area contributed by atoms with Gasteiger partial charge in [0.25, 0.3) is 0 Å². The van der Waals surface area contributed by atoms with E-state index in [1.54, 1.807) is 0 Å². The Morgan fingerprint density at radius 3 is 2.84 bits per heavy atom. The average molecular weight is 374 g/mol. The standard InChI is InChI=1S/C15H23IN2O/c1-2-7-18-8-9-19-15(11-18)14(17)10-12-3-5-13(16)6-4-12/h3-6,14-15H,2,7-11,17H2,1H3. The molecule has 0 amide bonds. The molecule has 0 saturated carbocycles. The van der Waals surface area contributed by atoms with Crippen molar-refractivity contribution in [3.63, 3.8) is 0 Å². The predicted molar refractivity (Wildman–Crippen MR) is 87.3 cm³/mol. The molecule has 1 fully saturated rings. The van der Waals surface area contributed by atoms with Crippen molar-refractivity contribution in [3.05, 3.63) is 33.4 Å². The maximum Gasteiger partial charge on any atom is 0.0856 e. The van der Waals surface area contributed by atoms with Crippen molar-refractivity contribution in [1.82, 2.24) is 4.90 Å². The molecule has 0 radical (unpaired) electrons. The van der Waals surface area contributed by atoms with Crippen LogP contribution in [0.3, 0.4) is 0 Å². The van der Waals surface area contributed by atoms with E-state index < -0.39 is 0 Å². The second-order valence-electron chi connectivity index (χ2n) is 5.20. The molecule has 1 aliphatic heterocycles. The predicted octanol–water partition coefficient (Wildman–Crippen LogP) is 2.27. The molecule has 2 unspecified atom stereocenters. The van der Waals surface area contributed by atoms with Crippen molar-refractivity contribution >= 4 is 22.6 Å². The zero-order valence-corrected chi connectivity index (χ0v) is 13.7. The van der Waals surface area contributed by atoms with Crippen LogP contribution in [0.25, 0.3) is 0 Å². The first-order valence-electron chi connectivity index (χ1n) is 7.03. The molecule has 19 heavy (non-hydrogen) atoms. The Labute approximate surface area is 129 Å². The Kier molecular flexibility index (Phi) is 6.06. The second-order valence-corrected chi connectivity index (χ2v) is 6.45. The molecule has 0 spiro atoms. The third-order valence-electron chi connectivity index (χ3n) is 3.58. The van der Waals surface area contributed by atoms with Gasteiger partial charge in [0.05, 0.1) is 12.7 Å². The van der Waals surface area contributed by atoms with Crippen molar-refractivity contribution in [1.29, 1.82) is 0 Å². The highest BCUT2D eigenvalue weighted by atomic mass is 127. The van der Waals surface area contributed by atoms with Gasteiger partial charge in [0.2, 0.25) is 0 Å². The summed E-state index contributed by atoms with van der Waals surface area (Å²) < 4.78 is 7.11. The summed E-state index contributed by atoms with van der Waals surface area (Å²) in [5.41, 5.74) is 7.62. The first-order valence-corrected chi connectivity index (χ1v) is 8.11. The molecule has 0 bridgehead atoms. The van der Waals surface area contributed by atoms with Crippen molar-refractivity contribution in [3.8, 4) is 0 Å². The van der Waals surface area contributed by atoms with Gasteiger partial charge in [0.15, 0.2) is 0 Å². The monoisotopic (exact) mass is 374 g/mol. The molecule has 4 heteroatoms. The lowest BCUT2D eigenvalue weighted by Crippen LogP contribution is -2.51. The van der Waals surface area contributed by atoms with Gasteiger partial charge in [-0.25, -0.2) is 0 Å². The lowest BCUT2D eigenvalue weighted by molar-refractivity contribution is -0.0400. The Balaban J connectivity index is 1.88. The largest absolute Gasteiger partial charge is 0.374 e. The van der Waals surface area contributed by atoms with Crippen LogP contribution in [0.4, 0.5) is 0 Å². The summed E-state index contributed by atoms with van der Waals surface area (Å²) in [5, 5.41) is 0. The van der Waals surface area contributed by atoms with Crippen LogP contribution in [-0.2, 0) is 11.2 Å². The van der Waals surface area contributed by atoms with Crippen molar-refractivity contribution in [2.24, 2.45) is 5.73 Å². The highest BCUT2D eigenvalue weighted by molar-refractivity contribution is 14.1. The van der Waals surface area contributed by atoms with E-state index in [2.05, 4.69) is 58.7 Å². The Morgan fingerprint density at radius 1 is 1.42 bits per heavy atom. The topological polar surface area (TPSA) is 38.5 Å². The van der Waals surface area contributed by atoms with Crippen LogP contribution in [0.5, 0.6) is 0 Å². The van der Waals surface area contributed by atoms with E-state index in [1.807, 2.05) is 0 Å². The molecule has 1 aromatic rings. The third-order valence-corrected chi connectivity index (χ3v) is 4.30. The average Bonchev–Trinajstić information content (AvgIpc) is 2.42. The van der Waals surface area contributed by atoms with E-state index >= 15 is 0 Å². The van der Waals surface area contributed by atoms with Gasteiger partial charge in [0.1, 0.15) is 0 Å². The summed E-state index contributed by atoms with van der Waals surface area (Å²) in [4.78, 5) is 2.46. The molecule has 1 heterocycles. The summed E-state index contributed by atoms with van der Waals surface area (Å²) in [6.45, 7) is 6.19. The van der Waals surface area contributed by atoms with Gasteiger partial charge in [-0.05, 0) is 59.7 Å². The Bertz CT molecular complexity index is 380. The highest BCUT2D eigenvalue weighted by Crippen LogP contribution is 2.13. The fraction of sp³-hybridized carbons (Fsp3) is 0.600. The highest BCUT2D eigenvalue weighted by Gasteiger charge is 2.25. The first-order chi connectivity index (χ1) is 9.19. The van der Waals surface area contributed by atoms with Crippen LogP contribution in [0.2, 0.25) is 0 Å². The minimum Gasteiger partial charge on any atom is -0.374 e. The molecule has 0 aromatic heterocycles. The van der Waals surface area contributed by atoms with Gasteiger partial charge in [-0.2, -0.15) is 0 Å². The minimum atomic E-state index is 0.0831. The molecule has 106 valence electrons. The van der Waals surface area contributed by atoms with Gasteiger partial charge in [-0.15, -0.1) is 0 Å². The molecule has 1 aliphatic rings. The SMILES string of the molecule is CCCN1CCOC(C(N)Cc2ccc(I)cc2)C1. The molecule has 2 N–H and O–H groups in total. The number of nitrogens with two attached hydrogens (primary N) is 1. The van der Waals surface area contributed by atoms with Crippen LogP contribution in [0.15, 0.2) is 24.3 Å². The molecule has 2 rings (SSSR count). The maximum absolute atomic E-state index is 6.32. The van der Waals surface area contributed by atoms with Crippen LogP contribution in [0, 0.1) is 3.57 Å². The summed E-state index contributed by atoms with van der Waals surface area (Å²) in [6, 6.07) is 8.67. The Hall–Kier alpha value is -0.170. The normalized spacial score (nSPS) is 22.4. The fourth-order valence-corrected chi connectivity index (χ4v) is 2.89. The Morgan fingerprint density at radius 2 is 2.16 bits per heavy atom. The number of hydrogen-bond acceptors (Lipinski definition) is 3. The van der Waals surface area contributed by atoms with Crippen molar-refractivity contribution in [2.75, 3.05) is 26.2 Å². The summed E-state index contributed by atoms with van der Waals surface area (Å²) >= 11 is 2.32. The number of halogens is 1. The summed E-state index contributed by atoms with van der Waals surface area (Å²) in [7, 11) is 0. The summed E-state index contributed by atoms with van der Waals surface area (Å²) in [6.07, 6.45) is 2.25. The van der Waals surface area contributed by atoms with E-state index in [0.717, 1.165) is 32.7 Å². The molecule has 1 saturated heterocycles. The van der Waals surface area contributed by atoms with E-state index in [0.29, 0.717) is 0 Å². The lowest BCUT2D eigenvalue weighted by atomic mass is 10.0. The fourth-order valence-electron chi connectivity index (χ4n) is 2.53. The van der Waals surface area contributed by atoms with E-state index in [-0.39, 0.29) is 12.1 Å². The smallest absolute Gasteiger partial charge is 0.0856 e. The zero-order valence-electron chi connectivity index (χ0n) is 11.5. The van der Waals surface area contributed by atoms with Crippen LogP contribution >= 0.6 is 22.6 Å². The van der Waals surface area contributed by atoms with Crippen LogP contribution < -0.4 is 5.73 Å². The number of ether oxygens (including phenoxy) is 1. The molecule has 2 atom stereocenters. The molecule has 3 nitrogen and oxygen atoms in total. The molecular weight excluding hydrogens is 351 g/mol. The van der Waals surface area contributed by atoms with Gasteiger partial charge in [-0.3, -0.25) is 4.90 Å². The van der Waals surface area contributed by atoms with Gasteiger partial charge in [-0.1, -0.05) is 19.1 Å². The number of rotatable bonds is 5. The van der Waals surface area contributed by atoms with Gasteiger partial charge < -0.3 is 10.5 Å². The van der Waals surface area contributed by atoms with E-state index in [4.69, 9.17) is 10.5 Å². The molecule has 0 aliphatic carbocycles. The van der Waals surface area contributed by atoms with Crippen molar-refractivity contribution in [2.45, 2.75) is 31.9 Å². The third kappa shape index (κ3) is 4.70. The molecule has 1 aromatic carbocycles. The van der Waals surface area contributed by atoms with Crippen LogP contribution in [-0.4, -0.2) is 43.3 Å². The van der Waals surface area contributed by atoms with E-state index in [9.17, 15) is 0 Å². The summed E-state index contributed by atoms with van der Waals surface area (Å²) in [5.74, 6) is 0. The quantitative estimate of drug-likeness (QED) is 0.804.